The molecule has 0 saturated heterocycles. The van der Waals surface area contributed by atoms with Crippen LogP contribution >= 0.6 is 0 Å². The molecule has 2 amide bonds. The summed E-state index contributed by atoms with van der Waals surface area (Å²) in [5.41, 5.74) is 1.20. The zero-order chi connectivity index (χ0) is 16.5. The summed E-state index contributed by atoms with van der Waals surface area (Å²) in [5.74, 6) is -1.38. The van der Waals surface area contributed by atoms with E-state index in [-0.39, 0.29) is 18.9 Å². The third-order valence-corrected chi connectivity index (χ3v) is 2.82. The van der Waals surface area contributed by atoms with Gasteiger partial charge in [-0.25, -0.2) is 4.79 Å². The van der Waals surface area contributed by atoms with Gasteiger partial charge in [0.1, 0.15) is 6.04 Å². The average molecular weight is 304 g/mol. The zero-order valence-electron chi connectivity index (χ0n) is 12.7. The van der Waals surface area contributed by atoms with Crippen molar-refractivity contribution in [2.24, 2.45) is 0 Å². The molecule has 6 nitrogen and oxygen atoms in total. The van der Waals surface area contributed by atoms with Gasteiger partial charge >= 0.3 is 5.97 Å². The number of rotatable bonds is 7. The summed E-state index contributed by atoms with van der Waals surface area (Å²) in [6.07, 6.45) is 0.283. The van der Waals surface area contributed by atoms with Crippen molar-refractivity contribution < 1.29 is 19.1 Å². The maximum absolute atomic E-state index is 11.8. The van der Waals surface area contributed by atoms with Gasteiger partial charge < -0.3 is 15.4 Å². The van der Waals surface area contributed by atoms with Crippen molar-refractivity contribution in [2.45, 2.75) is 19.4 Å². The number of methoxy groups -OCH3 is 1. The molecule has 1 aromatic carbocycles. The van der Waals surface area contributed by atoms with Crippen LogP contribution in [0.25, 0.3) is 0 Å². The van der Waals surface area contributed by atoms with Gasteiger partial charge in [0.15, 0.2) is 0 Å². The Labute approximate surface area is 129 Å². The minimum absolute atomic E-state index is 0.225. The molecule has 0 aliphatic carbocycles. The molecule has 2 N–H and O–H groups in total. The van der Waals surface area contributed by atoms with E-state index in [0.29, 0.717) is 5.56 Å². The first-order chi connectivity index (χ1) is 10.4. The second-order valence-electron chi connectivity index (χ2n) is 4.85. The molecular weight excluding hydrogens is 284 g/mol. The molecule has 0 aromatic heterocycles. The Hall–Kier alpha value is -2.63. The van der Waals surface area contributed by atoms with Crippen molar-refractivity contribution >= 4 is 17.8 Å². The molecule has 1 aromatic rings. The lowest BCUT2D eigenvalue weighted by molar-refractivity contribution is -0.144. The molecule has 0 spiro atoms. The highest BCUT2D eigenvalue weighted by atomic mass is 16.5. The largest absolute Gasteiger partial charge is 0.467 e. The maximum Gasteiger partial charge on any atom is 0.328 e. The quantitative estimate of drug-likeness (QED) is 0.582. The summed E-state index contributed by atoms with van der Waals surface area (Å²) in [6, 6.07) is 7.74. The van der Waals surface area contributed by atoms with Crippen LogP contribution in [0.2, 0.25) is 0 Å². The molecule has 0 heterocycles. The van der Waals surface area contributed by atoms with E-state index in [1.165, 1.54) is 7.11 Å². The second kappa shape index (κ2) is 8.61. The molecule has 0 aliphatic rings. The zero-order valence-corrected chi connectivity index (χ0v) is 12.7. The molecule has 22 heavy (non-hydrogen) atoms. The second-order valence-corrected chi connectivity index (χ2v) is 4.85. The summed E-state index contributed by atoms with van der Waals surface area (Å²) in [5, 5.41) is 5.01. The number of benzene rings is 1. The smallest absolute Gasteiger partial charge is 0.328 e. The molecule has 6 heteroatoms. The summed E-state index contributed by atoms with van der Waals surface area (Å²) in [6.45, 7) is 5.23. The van der Waals surface area contributed by atoms with E-state index < -0.39 is 17.9 Å². The Morgan fingerprint density at radius 3 is 2.41 bits per heavy atom. The monoisotopic (exact) mass is 304 g/mol. The number of hydrogen-bond acceptors (Lipinski definition) is 4. The Balaban J connectivity index is 2.51. The molecule has 0 aliphatic heterocycles. The molecule has 0 bridgehead atoms. The standard InChI is InChI=1S/C16H20N2O4/c1-11(2)9-13(16(21)22-3)18-14(19)10-17-15(20)12-7-5-4-6-8-12/h4-8,13H,1,9-10H2,2-3H3,(H,17,20)(H,18,19)/t13-/m1/s1. The van der Waals surface area contributed by atoms with Crippen molar-refractivity contribution in [3.05, 3.63) is 48.0 Å². The normalized spacial score (nSPS) is 11.2. The highest BCUT2D eigenvalue weighted by molar-refractivity contribution is 5.96. The van der Waals surface area contributed by atoms with Crippen LogP contribution in [0, 0.1) is 0 Å². The third kappa shape index (κ3) is 5.78. The van der Waals surface area contributed by atoms with Crippen LogP contribution in [0.15, 0.2) is 42.5 Å². The maximum atomic E-state index is 11.8. The van der Waals surface area contributed by atoms with E-state index in [1.807, 2.05) is 0 Å². The topological polar surface area (TPSA) is 84.5 Å². The van der Waals surface area contributed by atoms with Crippen molar-refractivity contribution in [3.8, 4) is 0 Å². The average Bonchev–Trinajstić information content (AvgIpc) is 2.51. The van der Waals surface area contributed by atoms with Crippen LogP contribution in [0.5, 0.6) is 0 Å². The first kappa shape index (κ1) is 17.4. The molecule has 1 rings (SSSR count). The highest BCUT2D eigenvalue weighted by Gasteiger charge is 2.21. The Bertz CT molecular complexity index is 555. The fourth-order valence-electron chi connectivity index (χ4n) is 1.78. The number of nitrogens with one attached hydrogen (secondary N) is 2. The van der Waals surface area contributed by atoms with Gasteiger partial charge in [-0.05, 0) is 25.5 Å². The van der Waals surface area contributed by atoms with Gasteiger partial charge in [0.2, 0.25) is 5.91 Å². The molecule has 1 atom stereocenters. The first-order valence-corrected chi connectivity index (χ1v) is 6.79. The summed E-state index contributed by atoms with van der Waals surface area (Å²) in [7, 11) is 1.25. The first-order valence-electron chi connectivity index (χ1n) is 6.79. The molecular formula is C16H20N2O4. The van der Waals surface area contributed by atoms with E-state index in [0.717, 1.165) is 5.57 Å². The molecule has 0 saturated carbocycles. The van der Waals surface area contributed by atoms with Gasteiger partial charge in [-0.1, -0.05) is 23.8 Å². The van der Waals surface area contributed by atoms with Gasteiger partial charge in [-0.2, -0.15) is 0 Å². The Morgan fingerprint density at radius 2 is 1.86 bits per heavy atom. The predicted octanol–water partition coefficient (Wildman–Crippen LogP) is 1.04. The van der Waals surface area contributed by atoms with Crippen LogP contribution in [0.3, 0.4) is 0 Å². The van der Waals surface area contributed by atoms with Crippen LogP contribution < -0.4 is 10.6 Å². The van der Waals surface area contributed by atoms with E-state index in [1.54, 1.807) is 37.3 Å². The number of carbonyl (C=O) groups is 3. The van der Waals surface area contributed by atoms with Crippen molar-refractivity contribution in [2.75, 3.05) is 13.7 Å². The van der Waals surface area contributed by atoms with Gasteiger partial charge in [0.25, 0.3) is 5.91 Å². The van der Waals surface area contributed by atoms with E-state index in [2.05, 4.69) is 21.9 Å². The summed E-state index contributed by atoms with van der Waals surface area (Å²) in [4.78, 5) is 35.2. The highest BCUT2D eigenvalue weighted by Crippen LogP contribution is 2.03. The van der Waals surface area contributed by atoms with Crippen LogP contribution in [0.4, 0.5) is 0 Å². The number of hydrogen-bond donors (Lipinski definition) is 2. The number of esters is 1. The van der Waals surface area contributed by atoms with Crippen LogP contribution in [-0.4, -0.2) is 37.5 Å². The molecule has 0 unspecified atom stereocenters. The van der Waals surface area contributed by atoms with Gasteiger partial charge in [0, 0.05) is 5.56 Å². The predicted molar refractivity (Wildman–Crippen MR) is 82.2 cm³/mol. The lowest BCUT2D eigenvalue weighted by atomic mass is 10.1. The van der Waals surface area contributed by atoms with Crippen molar-refractivity contribution in [1.29, 1.82) is 0 Å². The third-order valence-electron chi connectivity index (χ3n) is 2.82. The van der Waals surface area contributed by atoms with E-state index >= 15 is 0 Å². The van der Waals surface area contributed by atoms with E-state index in [9.17, 15) is 14.4 Å². The number of carbonyl (C=O) groups excluding carboxylic acids is 3. The molecule has 118 valence electrons. The van der Waals surface area contributed by atoms with Crippen LogP contribution in [0.1, 0.15) is 23.7 Å². The van der Waals surface area contributed by atoms with Gasteiger partial charge in [-0.3, -0.25) is 9.59 Å². The van der Waals surface area contributed by atoms with Gasteiger partial charge in [-0.15, -0.1) is 6.58 Å². The van der Waals surface area contributed by atoms with Crippen molar-refractivity contribution in [3.63, 3.8) is 0 Å². The summed E-state index contributed by atoms with van der Waals surface area (Å²) >= 11 is 0. The van der Waals surface area contributed by atoms with Crippen LogP contribution in [-0.2, 0) is 14.3 Å². The van der Waals surface area contributed by atoms with Gasteiger partial charge in [0.05, 0.1) is 13.7 Å². The fraction of sp³-hybridized carbons (Fsp3) is 0.312. The number of ether oxygens (including phenoxy) is 1. The fourth-order valence-corrected chi connectivity index (χ4v) is 1.78. The van der Waals surface area contributed by atoms with Crippen molar-refractivity contribution in [1.82, 2.24) is 10.6 Å². The molecule has 0 radical (unpaired) electrons. The molecule has 0 fully saturated rings. The minimum atomic E-state index is -0.802. The number of amides is 2. The van der Waals surface area contributed by atoms with E-state index in [4.69, 9.17) is 0 Å². The Morgan fingerprint density at radius 1 is 1.23 bits per heavy atom. The SMILES string of the molecule is C=C(C)C[C@@H](NC(=O)CNC(=O)c1ccccc1)C(=O)OC. The minimum Gasteiger partial charge on any atom is -0.467 e. The lowest BCUT2D eigenvalue weighted by Gasteiger charge is -2.16. The Kier molecular flexibility index (Phi) is 6.82. The summed E-state index contributed by atoms with van der Waals surface area (Å²) < 4.78 is 4.63. The lowest BCUT2D eigenvalue weighted by Crippen LogP contribution is -2.46.